The van der Waals surface area contributed by atoms with Crippen molar-refractivity contribution in [1.82, 2.24) is 19.7 Å². The molecule has 0 unspecified atom stereocenters. The summed E-state index contributed by atoms with van der Waals surface area (Å²) in [7, 11) is -2.28. The van der Waals surface area contributed by atoms with Crippen molar-refractivity contribution in [3.05, 3.63) is 24.4 Å². The molecule has 2 aromatic heterocycles. The van der Waals surface area contributed by atoms with Gasteiger partial charge in [-0.15, -0.1) is 13.2 Å². The molecule has 2 aromatic rings. The van der Waals surface area contributed by atoms with Crippen molar-refractivity contribution < 1.29 is 40.6 Å². The Morgan fingerprint density at radius 2 is 1.75 bits per heavy atom. The van der Waals surface area contributed by atoms with Gasteiger partial charge in [-0.25, -0.2) is 14.5 Å². The molecule has 15 heteroatoms. The second-order valence-corrected chi connectivity index (χ2v) is 6.29. The Balaban J connectivity index is 2.22. The first-order valence-electron chi connectivity index (χ1n) is 7.05. The van der Waals surface area contributed by atoms with Crippen molar-refractivity contribution >= 4 is 22.0 Å². The van der Waals surface area contributed by atoms with Crippen LogP contribution in [-0.2, 0) is 10.0 Å². The summed E-state index contributed by atoms with van der Waals surface area (Å²) >= 11 is 0. The van der Waals surface area contributed by atoms with Crippen LogP contribution in [0.4, 0.5) is 23.9 Å². The number of carbonyl (C=O) groups is 1. The molecule has 2 N–H and O–H groups in total. The number of nitrogens with one attached hydrogen (secondary N) is 2. The van der Waals surface area contributed by atoms with E-state index in [1.54, 1.807) is 0 Å². The number of halogens is 3. The number of sulfonamides is 1. The van der Waals surface area contributed by atoms with Gasteiger partial charge >= 0.3 is 12.4 Å². The van der Waals surface area contributed by atoms with Gasteiger partial charge in [0.1, 0.15) is 0 Å². The number of hydrogen-bond acceptors (Lipinski definition) is 9. The van der Waals surface area contributed by atoms with Crippen LogP contribution in [0.1, 0.15) is 0 Å². The minimum atomic E-state index is -5.17. The second-order valence-electron chi connectivity index (χ2n) is 4.69. The Morgan fingerprint density at radius 3 is 2.29 bits per heavy atom. The Morgan fingerprint density at radius 1 is 1.14 bits per heavy atom. The zero-order valence-corrected chi connectivity index (χ0v) is 15.0. The highest BCUT2D eigenvalue weighted by molar-refractivity contribution is 7.90. The van der Waals surface area contributed by atoms with Gasteiger partial charge in [0, 0.05) is 6.20 Å². The molecule has 152 valence electrons. The monoisotopic (exact) mass is 423 g/mol. The van der Waals surface area contributed by atoms with Gasteiger partial charge in [-0.2, -0.15) is 18.4 Å². The maximum absolute atomic E-state index is 12.4. The van der Waals surface area contributed by atoms with Gasteiger partial charge in [-0.3, -0.25) is 5.32 Å². The molecule has 0 aliphatic carbocycles. The molecule has 0 saturated carbocycles. The molecular weight excluding hydrogens is 411 g/mol. The van der Waals surface area contributed by atoms with Crippen LogP contribution in [0.15, 0.2) is 29.4 Å². The first kappa shape index (κ1) is 20.9. The molecule has 2 heterocycles. The molecular formula is C13H12F3N5O6S. The van der Waals surface area contributed by atoms with E-state index in [1.165, 1.54) is 25.0 Å². The second kappa shape index (κ2) is 8.12. The molecule has 0 radical (unpaired) electrons. The molecule has 2 rings (SSSR count). The number of anilines is 1. The number of ether oxygens (including phenoxy) is 3. The van der Waals surface area contributed by atoms with E-state index in [2.05, 4.69) is 19.7 Å². The van der Waals surface area contributed by atoms with E-state index in [9.17, 15) is 26.4 Å². The number of nitrogens with zero attached hydrogens (tertiary/aromatic N) is 3. The molecule has 0 aromatic carbocycles. The van der Waals surface area contributed by atoms with Crippen LogP contribution in [0.2, 0.25) is 0 Å². The van der Waals surface area contributed by atoms with Crippen molar-refractivity contribution in [3.8, 4) is 17.5 Å². The van der Waals surface area contributed by atoms with Crippen molar-refractivity contribution in [1.29, 1.82) is 0 Å². The Kier molecular flexibility index (Phi) is 6.07. The molecule has 0 bridgehead atoms. The van der Waals surface area contributed by atoms with Crippen LogP contribution in [0, 0.1) is 0 Å². The predicted molar refractivity (Wildman–Crippen MR) is 85.4 cm³/mol. The molecule has 0 spiro atoms. The van der Waals surface area contributed by atoms with Crippen molar-refractivity contribution in [3.63, 3.8) is 0 Å². The lowest BCUT2D eigenvalue weighted by Gasteiger charge is -2.13. The number of alkyl halides is 3. The summed E-state index contributed by atoms with van der Waals surface area (Å²) < 4.78 is 76.5. The maximum atomic E-state index is 12.4. The van der Waals surface area contributed by atoms with Crippen molar-refractivity contribution in [2.75, 3.05) is 19.5 Å². The summed E-state index contributed by atoms with van der Waals surface area (Å²) in [5.41, 5.74) is 0. The number of carbonyl (C=O) groups excluding carboxylic acids is 1. The van der Waals surface area contributed by atoms with Gasteiger partial charge in [-0.05, 0) is 12.1 Å². The summed E-state index contributed by atoms with van der Waals surface area (Å²) in [6, 6.07) is 1.66. The van der Waals surface area contributed by atoms with Crippen LogP contribution in [0.25, 0.3) is 0 Å². The number of rotatable bonds is 6. The van der Waals surface area contributed by atoms with Crippen molar-refractivity contribution in [2.45, 2.75) is 11.4 Å². The Labute approximate surface area is 155 Å². The lowest BCUT2D eigenvalue weighted by molar-refractivity contribution is -0.275. The quantitative estimate of drug-likeness (QED) is 0.703. The van der Waals surface area contributed by atoms with E-state index in [4.69, 9.17) is 9.47 Å². The number of aromatic nitrogens is 3. The molecule has 0 saturated heterocycles. The van der Waals surface area contributed by atoms with Crippen LogP contribution in [-0.4, -0.2) is 50.0 Å². The van der Waals surface area contributed by atoms with Gasteiger partial charge in [0.25, 0.3) is 10.0 Å². The van der Waals surface area contributed by atoms with Gasteiger partial charge < -0.3 is 14.2 Å². The largest absolute Gasteiger partial charge is 0.573 e. The van der Waals surface area contributed by atoms with Gasteiger partial charge in [0.2, 0.25) is 22.7 Å². The fourth-order valence-electron chi connectivity index (χ4n) is 1.75. The van der Waals surface area contributed by atoms with Gasteiger partial charge in [0.15, 0.2) is 5.75 Å². The van der Waals surface area contributed by atoms with Crippen LogP contribution in [0.5, 0.6) is 17.5 Å². The third kappa shape index (κ3) is 5.57. The first-order chi connectivity index (χ1) is 13.0. The third-order valence-corrected chi connectivity index (χ3v) is 4.04. The van der Waals surface area contributed by atoms with Gasteiger partial charge in [-0.1, -0.05) is 0 Å². The minimum Gasteiger partial charge on any atom is -0.481 e. The highest BCUT2D eigenvalue weighted by Gasteiger charge is 2.35. The summed E-state index contributed by atoms with van der Waals surface area (Å²) in [4.78, 5) is 22.7. The minimum absolute atomic E-state index is 0.00408. The number of methoxy groups -OCH3 is 2. The molecule has 0 fully saturated rings. The molecule has 0 atom stereocenters. The topological polar surface area (TPSA) is 142 Å². The Hall–Kier alpha value is -3.36. The maximum Gasteiger partial charge on any atom is 0.573 e. The fourth-order valence-corrected chi connectivity index (χ4v) is 2.71. The van der Waals surface area contributed by atoms with Crippen LogP contribution < -0.4 is 24.2 Å². The molecule has 0 aliphatic rings. The van der Waals surface area contributed by atoms with E-state index in [0.717, 1.165) is 18.3 Å². The number of hydrogen-bond donors (Lipinski definition) is 2. The molecule has 2 amide bonds. The van der Waals surface area contributed by atoms with Crippen molar-refractivity contribution in [2.24, 2.45) is 0 Å². The summed E-state index contributed by atoms with van der Waals surface area (Å²) in [6.45, 7) is 0. The predicted octanol–water partition coefficient (Wildman–Crippen LogP) is 1.30. The normalized spacial score (nSPS) is 11.5. The van der Waals surface area contributed by atoms with E-state index < -0.39 is 39.1 Å². The molecule has 11 nitrogen and oxygen atoms in total. The highest BCUT2D eigenvalue weighted by Crippen LogP contribution is 2.27. The van der Waals surface area contributed by atoms with E-state index in [1.807, 2.05) is 5.32 Å². The van der Waals surface area contributed by atoms with E-state index >= 15 is 0 Å². The smallest absolute Gasteiger partial charge is 0.481 e. The number of amides is 2. The molecule has 0 aliphatic heterocycles. The third-order valence-electron chi connectivity index (χ3n) is 2.77. The highest BCUT2D eigenvalue weighted by atomic mass is 32.2. The standard InChI is InChI=1S/C13H12F3N5O6S/c1-25-8-6-9(26-2)19-11(18-8)20-12(22)21-28(23,24)10-7(4-3-5-17-10)27-13(14,15)16/h3-6H,1-2H3,(H2,18,19,20,21,22). The summed E-state index contributed by atoms with van der Waals surface area (Å²) in [5, 5.41) is 0.836. The van der Waals surface area contributed by atoms with Crippen LogP contribution >= 0.6 is 0 Å². The van der Waals surface area contributed by atoms with E-state index in [0.29, 0.717) is 0 Å². The zero-order valence-electron chi connectivity index (χ0n) is 14.1. The molecule has 28 heavy (non-hydrogen) atoms. The van der Waals surface area contributed by atoms with Crippen LogP contribution in [0.3, 0.4) is 0 Å². The average Bonchev–Trinajstić information content (AvgIpc) is 2.59. The Bertz CT molecular complexity index is 947. The first-order valence-corrected chi connectivity index (χ1v) is 8.54. The zero-order chi connectivity index (χ0) is 20.9. The summed E-state index contributed by atoms with van der Waals surface area (Å²) in [5.74, 6) is -1.52. The van der Waals surface area contributed by atoms with E-state index in [-0.39, 0.29) is 11.8 Å². The fraction of sp³-hybridized carbons (Fsp3) is 0.231. The number of pyridine rings is 1. The lowest BCUT2D eigenvalue weighted by atomic mass is 10.5. The average molecular weight is 423 g/mol. The summed E-state index contributed by atoms with van der Waals surface area (Å²) in [6.07, 6.45) is -4.26. The number of urea groups is 1. The SMILES string of the molecule is COc1cc(OC)nc(NC(=O)NS(=O)(=O)c2ncccc2OC(F)(F)F)n1. The van der Waals surface area contributed by atoms with Gasteiger partial charge in [0.05, 0.1) is 20.3 Å². The lowest BCUT2D eigenvalue weighted by Crippen LogP contribution is -2.35.